The zero-order valence-corrected chi connectivity index (χ0v) is 35.1. The Morgan fingerprint density at radius 2 is 1.27 bits per heavy atom. The number of carbonyl (C=O) groups excluding carboxylic acids is 2. The monoisotopic (exact) mass is 824 g/mol. The molecule has 16 heteroatoms. The first-order valence-electron chi connectivity index (χ1n) is 19.8. The van der Waals surface area contributed by atoms with Crippen molar-refractivity contribution < 1.29 is 66.7 Å². The largest absolute Gasteiger partial charge is 0.472 e. The second-order valence-electron chi connectivity index (χ2n) is 13.9. The fourth-order valence-electron chi connectivity index (χ4n) is 4.90. The van der Waals surface area contributed by atoms with Gasteiger partial charge in [0, 0.05) is 12.8 Å². The molecular weight excluding hydrogens is 754 g/mol. The average molecular weight is 825 g/mol. The Kier molecular flexibility index (Phi) is 32.9. The van der Waals surface area contributed by atoms with Gasteiger partial charge in [-0.15, -0.1) is 0 Å². The molecule has 0 bridgehead atoms. The van der Waals surface area contributed by atoms with Gasteiger partial charge in [-0.05, 0) is 50.9 Å². The van der Waals surface area contributed by atoms with Crippen LogP contribution in [0.3, 0.4) is 0 Å². The molecule has 0 aliphatic carbocycles. The molecule has 0 radical (unpaired) electrons. The van der Waals surface area contributed by atoms with Gasteiger partial charge in [0.05, 0.1) is 25.9 Å². The summed E-state index contributed by atoms with van der Waals surface area (Å²) in [7, 11) is -9.70. The van der Waals surface area contributed by atoms with Gasteiger partial charge in [0.2, 0.25) is 0 Å². The predicted octanol–water partition coefficient (Wildman–Crippen LogP) is 8.33. The molecule has 4 atom stereocenters. The molecule has 0 spiro atoms. The highest BCUT2D eigenvalue weighted by atomic mass is 31.2. The summed E-state index contributed by atoms with van der Waals surface area (Å²) < 4.78 is 47.5. The second kappa shape index (κ2) is 34.1. The van der Waals surface area contributed by atoms with E-state index in [0.29, 0.717) is 31.6 Å². The number of rotatable bonds is 36. The van der Waals surface area contributed by atoms with Gasteiger partial charge in [-0.3, -0.25) is 23.2 Å². The Hall–Kier alpha value is -1.96. The number of unbranched alkanes of at least 4 members (excludes halogenated alkanes) is 10. The Morgan fingerprint density at radius 3 is 1.96 bits per heavy atom. The number of hydrogen-bond donors (Lipinski definition) is 5. The van der Waals surface area contributed by atoms with E-state index >= 15 is 0 Å². The number of carbonyl (C=O) groups is 2. The van der Waals surface area contributed by atoms with E-state index < -0.39 is 72.3 Å². The van der Waals surface area contributed by atoms with Crippen LogP contribution >= 0.6 is 15.6 Å². The smallest absolute Gasteiger partial charge is 0.462 e. The van der Waals surface area contributed by atoms with Crippen molar-refractivity contribution in [1.82, 2.24) is 0 Å². The van der Waals surface area contributed by atoms with E-state index in [-0.39, 0.29) is 12.8 Å². The lowest BCUT2D eigenvalue weighted by Crippen LogP contribution is -2.30. The van der Waals surface area contributed by atoms with Crippen molar-refractivity contribution in [3.8, 4) is 0 Å². The first-order valence-corrected chi connectivity index (χ1v) is 22.8. The molecule has 0 saturated carbocycles. The number of hydrogen-bond acceptors (Lipinski definition) is 11. The molecular formula is C39H70O14P2. The number of allylic oxidation sites excluding steroid dienone is 6. The lowest BCUT2D eigenvalue weighted by Gasteiger charge is -2.20. The highest BCUT2D eigenvalue weighted by Gasteiger charge is 2.28. The van der Waals surface area contributed by atoms with Crippen molar-refractivity contribution in [3.05, 3.63) is 48.6 Å². The van der Waals surface area contributed by atoms with E-state index in [4.69, 9.17) is 23.8 Å². The van der Waals surface area contributed by atoms with Gasteiger partial charge in [0.25, 0.3) is 0 Å². The number of aliphatic hydroxyl groups is 2. The summed E-state index contributed by atoms with van der Waals surface area (Å²) in [5, 5.41) is 19.8. The molecule has 5 N–H and O–H groups in total. The van der Waals surface area contributed by atoms with Crippen LogP contribution in [0.1, 0.15) is 136 Å². The number of ether oxygens (including phenoxy) is 2. The molecule has 0 amide bonds. The highest BCUT2D eigenvalue weighted by Crippen LogP contribution is 2.43. The zero-order valence-electron chi connectivity index (χ0n) is 33.3. The number of phosphoric acid groups is 2. The van der Waals surface area contributed by atoms with Crippen molar-refractivity contribution in [3.63, 3.8) is 0 Å². The lowest BCUT2D eigenvalue weighted by molar-refractivity contribution is -0.161. The molecule has 0 aliphatic rings. The molecule has 2 unspecified atom stereocenters. The Morgan fingerprint density at radius 1 is 0.655 bits per heavy atom. The first kappa shape index (κ1) is 53.0. The van der Waals surface area contributed by atoms with Gasteiger partial charge in [0.15, 0.2) is 6.10 Å². The van der Waals surface area contributed by atoms with E-state index in [2.05, 4.69) is 42.0 Å². The van der Waals surface area contributed by atoms with E-state index in [9.17, 15) is 33.8 Å². The summed E-state index contributed by atoms with van der Waals surface area (Å²) in [6, 6.07) is 0. The van der Waals surface area contributed by atoms with Crippen LogP contribution in [0.4, 0.5) is 0 Å². The van der Waals surface area contributed by atoms with Crippen LogP contribution < -0.4 is 0 Å². The molecule has 320 valence electrons. The zero-order chi connectivity index (χ0) is 41.2. The van der Waals surface area contributed by atoms with E-state index in [0.717, 1.165) is 38.5 Å². The molecule has 0 aromatic rings. The fourth-order valence-corrected chi connectivity index (χ4v) is 6.05. The third-order valence-corrected chi connectivity index (χ3v) is 9.41. The normalized spacial score (nSPS) is 15.4. The molecule has 0 fully saturated rings. The van der Waals surface area contributed by atoms with Crippen LogP contribution in [-0.2, 0) is 41.8 Å². The maximum Gasteiger partial charge on any atom is 0.472 e. The van der Waals surface area contributed by atoms with Crippen molar-refractivity contribution in [2.75, 3.05) is 26.4 Å². The van der Waals surface area contributed by atoms with Gasteiger partial charge >= 0.3 is 27.6 Å². The van der Waals surface area contributed by atoms with Gasteiger partial charge in [0.1, 0.15) is 12.7 Å². The summed E-state index contributed by atoms with van der Waals surface area (Å²) in [5.74, 6) is -0.465. The van der Waals surface area contributed by atoms with E-state index in [1.165, 1.54) is 38.5 Å². The van der Waals surface area contributed by atoms with Crippen LogP contribution in [0.5, 0.6) is 0 Å². The summed E-state index contributed by atoms with van der Waals surface area (Å²) in [6.45, 7) is 3.76. The van der Waals surface area contributed by atoms with Crippen molar-refractivity contribution >= 4 is 27.6 Å². The molecule has 55 heavy (non-hydrogen) atoms. The molecule has 0 rings (SSSR count). The molecule has 0 aromatic carbocycles. The molecule has 0 heterocycles. The number of esters is 2. The SMILES string of the molecule is CCCCC/C=C\C/C=C\CC(O)/C=C\C=C\CCCC(=O)OC[C@H](COP(=O)(O)OC[C@@H](O)COP(=O)(O)O)OC(=O)CCCCCCCCCC(C)C. The third kappa shape index (κ3) is 38.7. The van der Waals surface area contributed by atoms with Crippen molar-refractivity contribution in [2.24, 2.45) is 5.92 Å². The van der Waals surface area contributed by atoms with Crippen LogP contribution in [0.25, 0.3) is 0 Å². The summed E-state index contributed by atoms with van der Waals surface area (Å²) in [4.78, 5) is 52.4. The summed E-state index contributed by atoms with van der Waals surface area (Å²) >= 11 is 0. The van der Waals surface area contributed by atoms with Crippen LogP contribution in [-0.4, -0.2) is 81.6 Å². The minimum atomic E-state index is -4.87. The summed E-state index contributed by atoms with van der Waals surface area (Å²) in [5.41, 5.74) is 0. The predicted molar refractivity (Wildman–Crippen MR) is 213 cm³/mol. The van der Waals surface area contributed by atoms with Gasteiger partial charge < -0.3 is 34.4 Å². The molecule has 14 nitrogen and oxygen atoms in total. The molecule has 0 aromatic heterocycles. The maximum atomic E-state index is 12.6. The molecule has 0 aliphatic heterocycles. The van der Waals surface area contributed by atoms with Gasteiger partial charge in [-0.2, -0.15) is 0 Å². The Bertz CT molecular complexity index is 1200. The molecule has 0 saturated heterocycles. The fraction of sp³-hybridized carbons (Fsp3) is 0.744. The van der Waals surface area contributed by atoms with Crippen molar-refractivity contribution in [2.45, 2.75) is 155 Å². The Labute approximate surface area is 329 Å². The first-order chi connectivity index (χ1) is 26.1. The second-order valence-corrected chi connectivity index (χ2v) is 16.6. The standard InChI is InChI=1S/C39H70O14P2/c1-4-5-6-7-8-9-12-16-21-26-35(40)27-22-17-14-19-23-28-38(42)49-32-37(33-52-55(47,48)51-31-36(41)30-50-54(44,45)46)53-39(43)29-24-18-13-10-11-15-20-25-34(2)3/h8-9,14,16-17,21-22,27,34-37,40-41H,4-7,10-13,15,18-20,23-26,28-33H2,1-3H3,(H,47,48)(H2,44,45,46)/b9-8-,17-14+,21-16-,27-22-/t35?,36-,37+/m0/s1. The van der Waals surface area contributed by atoms with Gasteiger partial charge in [-0.1, -0.05) is 127 Å². The summed E-state index contributed by atoms with van der Waals surface area (Å²) in [6.07, 6.45) is 27.5. The number of aliphatic hydroxyl groups excluding tert-OH is 2. The minimum absolute atomic E-state index is 0.0592. The minimum Gasteiger partial charge on any atom is -0.462 e. The lowest BCUT2D eigenvalue weighted by atomic mass is 10.0. The number of phosphoric ester groups is 2. The topological polar surface area (TPSA) is 216 Å². The highest BCUT2D eigenvalue weighted by molar-refractivity contribution is 7.47. The average Bonchev–Trinajstić information content (AvgIpc) is 3.12. The van der Waals surface area contributed by atoms with E-state index in [1.807, 2.05) is 18.2 Å². The third-order valence-electron chi connectivity index (χ3n) is 7.97. The van der Waals surface area contributed by atoms with E-state index in [1.54, 1.807) is 18.2 Å². The van der Waals surface area contributed by atoms with Crippen molar-refractivity contribution in [1.29, 1.82) is 0 Å². The Balaban J connectivity index is 4.72. The maximum absolute atomic E-state index is 12.6. The quantitative estimate of drug-likeness (QED) is 0.0132. The van der Waals surface area contributed by atoms with Crippen LogP contribution in [0, 0.1) is 5.92 Å². The van der Waals surface area contributed by atoms with Crippen LogP contribution in [0.15, 0.2) is 48.6 Å². The van der Waals surface area contributed by atoms with Crippen LogP contribution in [0.2, 0.25) is 0 Å². The van der Waals surface area contributed by atoms with Gasteiger partial charge in [-0.25, -0.2) is 9.13 Å².